The summed E-state index contributed by atoms with van der Waals surface area (Å²) in [6.07, 6.45) is 22.3. The number of hydrogen-bond acceptors (Lipinski definition) is 3. The normalized spacial score (nSPS) is 13.8. The average molecular weight is 403 g/mol. The van der Waals surface area contributed by atoms with Gasteiger partial charge in [0.25, 0.3) is 0 Å². The third-order valence-electron chi connectivity index (χ3n) is 5.59. The Morgan fingerprint density at radius 3 is 1.26 bits per heavy atom. The second-order valence-corrected chi connectivity index (χ2v) is 9.24. The van der Waals surface area contributed by atoms with Crippen molar-refractivity contribution in [3.05, 3.63) is 0 Å². The predicted molar refractivity (Wildman–Crippen MR) is 124 cm³/mol. The molecule has 2 atom stereocenters. The highest BCUT2D eigenvalue weighted by atomic mass is 32.2. The summed E-state index contributed by atoms with van der Waals surface area (Å²) in [4.78, 5) is 0. The summed E-state index contributed by atoms with van der Waals surface area (Å²) in [6, 6.07) is 0. The third-order valence-corrected chi connectivity index (χ3v) is 6.64. The predicted octanol–water partition coefficient (Wildman–Crippen LogP) is 8.03. The van der Waals surface area contributed by atoms with Gasteiger partial charge >= 0.3 is 0 Å². The zero-order valence-electron chi connectivity index (χ0n) is 19.1. The van der Waals surface area contributed by atoms with Crippen LogP contribution < -0.4 is 0 Å². The van der Waals surface area contributed by atoms with E-state index in [1.165, 1.54) is 114 Å². The molecule has 0 fully saturated rings. The van der Waals surface area contributed by atoms with E-state index in [-0.39, 0.29) is 0 Å². The highest BCUT2D eigenvalue weighted by Gasteiger charge is 2.09. The average Bonchev–Trinajstić information content (AvgIpc) is 2.69. The van der Waals surface area contributed by atoms with E-state index < -0.39 is 0 Å². The van der Waals surface area contributed by atoms with Crippen molar-refractivity contribution in [1.82, 2.24) is 0 Å². The molecular weight excluding hydrogens is 352 g/mol. The molecule has 27 heavy (non-hydrogen) atoms. The fourth-order valence-corrected chi connectivity index (χ4v) is 4.66. The van der Waals surface area contributed by atoms with E-state index in [2.05, 4.69) is 25.6 Å². The van der Waals surface area contributed by atoms with Crippen LogP contribution in [0.25, 0.3) is 0 Å². The van der Waals surface area contributed by atoms with E-state index in [0.717, 1.165) is 0 Å². The van der Waals surface area contributed by atoms with E-state index in [9.17, 15) is 0 Å². The van der Waals surface area contributed by atoms with Crippen LogP contribution in [0.3, 0.4) is 0 Å². The lowest BCUT2D eigenvalue weighted by atomic mass is 10.1. The van der Waals surface area contributed by atoms with E-state index >= 15 is 0 Å². The molecule has 164 valence electrons. The molecule has 0 bridgehead atoms. The Labute approximate surface area is 175 Å². The summed E-state index contributed by atoms with van der Waals surface area (Å²) in [6.45, 7) is 4.56. The molecule has 0 aliphatic rings. The minimum absolute atomic E-state index is 0.463. The molecule has 0 saturated carbocycles. The molecule has 0 aliphatic heterocycles. The van der Waals surface area contributed by atoms with Crippen molar-refractivity contribution in [2.24, 2.45) is 0 Å². The molecule has 0 aromatic rings. The molecule has 0 aromatic heterocycles. The van der Waals surface area contributed by atoms with Gasteiger partial charge in [-0.25, -0.2) is 0 Å². The van der Waals surface area contributed by atoms with Gasteiger partial charge in [0.1, 0.15) is 0 Å². The summed E-state index contributed by atoms with van der Waals surface area (Å²) in [5.74, 6) is 2.45. The van der Waals surface area contributed by atoms with Crippen LogP contribution in [-0.2, 0) is 9.47 Å². The van der Waals surface area contributed by atoms with Crippen LogP contribution in [0.4, 0.5) is 0 Å². The van der Waals surface area contributed by atoms with Crippen molar-refractivity contribution in [1.29, 1.82) is 0 Å². The molecule has 3 heteroatoms. The number of hydrogen-bond donors (Lipinski definition) is 0. The van der Waals surface area contributed by atoms with Crippen LogP contribution >= 0.6 is 11.8 Å². The zero-order chi connectivity index (χ0) is 20.0. The maximum absolute atomic E-state index is 5.68. The van der Waals surface area contributed by atoms with E-state index in [1.807, 2.05) is 14.2 Å². The maximum atomic E-state index is 5.68. The van der Waals surface area contributed by atoms with Crippen LogP contribution in [0.5, 0.6) is 0 Å². The van der Waals surface area contributed by atoms with Gasteiger partial charge in [-0.1, -0.05) is 90.9 Å². The first-order chi connectivity index (χ1) is 13.3. The van der Waals surface area contributed by atoms with E-state index in [1.54, 1.807) is 0 Å². The molecule has 0 aliphatic carbocycles. The number of unbranched alkanes of at least 4 members (excludes halogenated alkanes) is 10. The molecule has 0 radical (unpaired) electrons. The van der Waals surface area contributed by atoms with Crippen LogP contribution in [0.1, 0.15) is 117 Å². The third kappa shape index (κ3) is 19.4. The van der Waals surface area contributed by atoms with Crippen LogP contribution in [0.2, 0.25) is 0 Å². The quantitative estimate of drug-likeness (QED) is 0.171. The minimum atomic E-state index is 0.463. The van der Waals surface area contributed by atoms with Gasteiger partial charge in [0.05, 0.1) is 12.2 Å². The molecule has 0 spiro atoms. The summed E-state index contributed by atoms with van der Waals surface area (Å²) >= 11 is 2.08. The van der Waals surface area contributed by atoms with Crippen LogP contribution in [0.15, 0.2) is 0 Å². The van der Waals surface area contributed by atoms with Crippen molar-refractivity contribution in [2.75, 3.05) is 25.7 Å². The van der Waals surface area contributed by atoms with Crippen LogP contribution in [0, 0.1) is 0 Å². The Balaban J connectivity index is 3.55. The maximum Gasteiger partial charge on any atom is 0.0579 e. The lowest BCUT2D eigenvalue weighted by Gasteiger charge is -2.17. The molecule has 0 amide bonds. The smallest absolute Gasteiger partial charge is 0.0579 e. The first kappa shape index (κ1) is 27.3. The van der Waals surface area contributed by atoms with Crippen molar-refractivity contribution in [3.8, 4) is 0 Å². The molecule has 0 rings (SSSR count). The number of rotatable bonds is 22. The molecule has 2 unspecified atom stereocenters. The summed E-state index contributed by atoms with van der Waals surface area (Å²) in [5.41, 5.74) is 0. The number of ether oxygens (including phenoxy) is 2. The van der Waals surface area contributed by atoms with Gasteiger partial charge in [0.15, 0.2) is 0 Å². The summed E-state index contributed by atoms with van der Waals surface area (Å²) < 4.78 is 11.4. The molecule has 2 nitrogen and oxygen atoms in total. The highest BCUT2D eigenvalue weighted by molar-refractivity contribution is 7.99. The standard InChI is InChI=1S/C24H50O2S/c1-5-7-9-11-13-15-17-23(25-3)19-21-27-22-20-24(26-4)18-16-14-12-10-8-6-2/h23-24H,5-22H2,1-4H3. The minimum Gasteiger partial charge on any atom is -0.381 e. The van der Waals surface area contributed by atoms with Gasteiger partial charge in [-0.2, -0.15) is 11.8 Å². The number of thioether (sulfide) groups is 1. The van der Waals surface area contributed by atoms with Crippen molar-refractivity contribution < 1.29 is 9.47 Å². The molecule has 0 N–H and O–H groups in total. The SMILES string of the molecule is CCCCCCCCC(CCSCCC(CCCCCCCC)OC)OC. The van der Waals surface area contributed by atoms with Gasteiger partial charge < -0.3 is 9.47 Å². The Bertz CT molecular complexity index is 247. The van der Waals surface area contributed by atoms with Crippen molar-refractivity contribution in [2.45, 2.75) is 129 Å². The van der Waals surface area contributed by atoms with E-state index in [0.29, 0.717) is 12.2 Å². The van der Waals surface area contributed by atoms with Crippen molar-refractivity contribution >= 4 is 11.8 Å². The summed E-state index contributed by atoms with van der Waals surface area (Å²) in [7, 11) is 3.77. The first-order valence-corrected chi connectivity index (χ1v) is 13.1. The molecule has 0 saturated heterocycles. The Morgan fingerprint density at radius 1 is 0.519 bits per heavy atom. The van der Waals surface area contributed by atoms with E-state index in [4.69, 9.17) is 9.47 Å². The fourth-order valence-electron chi connectivity index (χ4n) is 3.60. The van der Waals surface area contributed by atoms with Gasteiger partial charge in [-0.15, -0.1) is 0 Å². The highest BCUT2D eigenvalue weighted by Crippen LogP contribution is 2.18. The molecule has 0 heterocycles. The Morgan fingerprint density at radius 2 is 0.889 bits per heavy atom. The van der Waals surface area contributed by atoms with Crippen molar-refractivity contribution in [3.63, 3.8) is 0 Å². The second-order valence-electron chi connectivity index (χ2n) is 8.02. The van der Waals surface area contributed by atoms with Gasteiger partial charge in [-0.3, -0.25) is 0 Å². The monoisotopic (exact) mass is 402 g/mol. The lowest BCUT2D eigenvalue weighted by Crippen LogP contribution is -2.13. The molecule has 0 aromatic carbocycles. The van der Waals surface area contributed by atoms with Gasteiger partial charge in [-0.05, 0) is 37.2 Å². The lowest BCUT2D eigenvalue weighted by molar-refractivity contribution is 0.0896. The largest absolute Gasteiger partial charge is 0.381 e. The van der Waals surface area contributed by atoms with Gasteiger partial charge in [0, 0.05) is 14.2 Å². The van der Waals surface area contributed by atoms with Crippen LogP contribution in [-0.4, -0.2) is 37.9 Å². The Hall–Kier alpha value is 0.270. The number of methoxy groups -OCH3 is 2. The fraction of sp³-hybridized carbons (Fsp3) is 1.00. The second kappa shape index (κ2) is 22.6. The topological polar surface area (TPSA) is 18.5 Å². The molecular formula is C24H50O2S. The zero-order valence-corrected chi connectivity index (χ0v) is 19.9. The van der Waals surface area contributed by atoms with Gasteiger partial charge in [0.2, 0.25) is 0 Å². The summed E-state index contributed by atoms with van der Waals surface area (Å²) in [5, 5.41) is 0. The first-order valence-electron chi connectivity index (χ1n) is 11.9. The Kier molecular flexibility index (Phi) is 22.8.